The Labute approximate surface area is 107 Å². The molecule has 0 aromatic heterocycles. The van der Waals surface area contributed by atoms with Crippen molar-refractivity contribution in [3.05, 3.63) is 65.4 Å². The van der Waals surface area contributed by atoms with Crippen molar-refractivity contribution in [1.82, 2.24) is 0 Å². The molecule has 0 radical (unpaired) electrons. The lowest BCUT2D eigenvalue weighted by molar-refractivity contribution is -0.356. The molecule has 0 amide bonds. The highest BCUT2D eigenvalue weighted by atomic mass is 16.5. The average Bonchev–Trinajstić information content (AvgIpc) is 2.46. The number of para-hydroxylation sites is 1. The molecule has 0 saturated heterocycles. The second-order valence-electron chi connectivity index (χ2n) is 3.90. The number of hydrogen-bond donors (Lipinski definition) is 0. The summed E-state index contributed by atoms with van der Waals surface area (Å²) in [5.74, 6) is 0.820. The van der Waals surface area contributed by atoms with Gasteiger partial charge in [-0.2, -0.15) is 4.74 Å². The standard InChI is InChI=1S/C15H15NO2/c1-18-15-9-7-13(8-10-15)11-12-16(17)14-5-3-2-4-6-14/h2-10,12H,11H2,1H3. The molecule has 2 aromatic rings. The van der Waals surface area contributed by atoms with E-state index in [1.54, 1.807) is 25.5 Å². The van der Waals surface area contributed by atoms with Gasteiger partial charge in [0.2, 0.25) is 5.69 Å². The van der Waals surface area contributed by atoms with E-state index in [4.69, 9.17) is 4.74 Å². The van der Waals surface area contributed by atoms with E-state index in [1.807, 2.05) is 42.5 Å². The van der Waals surface area contributed by atoms with Crippen LogP contribution in [0, 0.1) is 5.21 Å². The third kappa shape index (κ3) is 3.10. The predicted octanol–water partition coefficient (Wildman–Crippen LogP) is 3.15. The van der Waals surface area contributed by atoms with Crippen molar-refractivity contribution in [3.8, 4) is 5.75 Å². The summed E-state index contributed by atoms with van der Waals surface area (Å²) in [5, 5.41) is 11.8. The van der Waals surface area contributed by atoms with Crippen LogP contribution in [0.2, 0.25) is 0 Å². The second-order valence-corrected chi connectivity index (χ2v) is 3.90. The van der Waals surface area contributed by atoms with E-state index in [2.05, 4.69) is 0 Å². The van der Waals surface area contributed by atoms with E-state index in [0.717, 1.165) is 16.1 Å². The summed E-state index contributed by atoms with van der Waals surface area (Å²) in [6.45, 7) is 0. The van der Waals surface area contributed by atoms with Gasteiger partial charge >= 0.3 is 0 Å². The molecule has 0 spiro atoms. The van der Waals surface area contributed by atoms with Gasteiger partial charge in [-0.1, -0.05) is 30.3 Å². The van der Waals surface area contributed by atoms with Crippen LogP contribution < -0.4 is 4.74 Å². The van der Waals surface area contributed by atoms with Crippen molar-refractivity contribution in [2.45, 2.75) is 6.42 Å². The highest BCUT2D eigenvalue weighted by Crippen LogP contribution is 2.12. The first-order valence-corrected chi connectivity index (χ1v) is 5.77. The summed E-state index contributed by atoms with van der Waals surface area (Å²) < 4.78 is 5.97. The summed E-state index contributed by atoms with van der Waals surface area (Å²) in [6, 6.07) is 16.8. The number of hydrogen-bond acceptors (Lipinski definition) is 2. The third-order valence-electron chi connectivity index (χ3n) is 2.66. The van der Waals surface area contributed by atoms with Crippen LogP contribution in [0.15, 0.2) is 54.6 Å². The lowest BCUT2D eigenvalue weighted by atomic mass is 10.1. The van der Waals surface area contributed by atoms with Crippen molar-refractivity contribution in [3.63, 3.8) is 0 Å². The van der Waals surface area contributed by atoms with Gasteiger partial charge in [0.25, 0.3) is 0 Å². The van der Waals surface area contributed by atoms with Gasteiger partial charge in [0.05, 0.1) is 13.5 Å². The topological polar surface area (TPSA) is 35.3 Å². The Bertz CT molecular complexity index is 518. The molecule has 0 heterocycles. The number of benzene rings is 2. The fourth-order valence-electron chi connectivity index (χ4n) is 1.63. The summed E-state index contributed by atoms with van der Waals surface area (Å²) in [5.41, 5.74) is 1.72. The lowest BCUT2D eigenvalue weighted by Crippen LogP contribution is -2.00. The fraction of sp³-hybridized carbons (Fsp3) is 0.133. The van der Waals surface area contributed by atoms with Gasteiger partial charge in [0.15, 0.2) is 6.21 Å². The van der Waals surface area contributed by atoms with Gasteiger partial charge in [0, 0.05) is 12.1 Å². The summed E-state index contributed by atoms with van der Waals surface area (Å²) in [6.07, 6.45) is 2.22. The first-order chi connectivity index (χ1) is 8.79. The quantitative estimate of drug-likeness (QED) is 0.357. The summed E-state index contributed by atoms with van der Waals surface area (Å²) in [7, 11) is 1.63. The Balaban J connectivity index is 2.05. The van der Waals surface area contributed by atoms with E-state index in [0.29, 0.717) is 12.1 Å². The first kappa shape index (κ1) is 12.2. The average molecular weight is 241 g/mol. The zero-order chi connectivity index (χ0) is 12.8. The molecular weight excluding hydrogens is 226 g/mol. The molecule has 18 heavy (non-hydrogen) atoms. The molecule has 3 nitrogen and oxygen atoms in total. The van der Waals surface area contributed by atoms with Crippen LogP contribution in [0.25, 0.3) is 0 Å². The van der Waals surface area contributed by atoms with E-state index in [9.17, 15) is 5.21 Å². The molecule has 0 unspecified atom stereocenters. The summed E-state index contributed by atoms with van der Waals surface area (Å²) in [4.78, 5) is 0. The highest BCUT2D eigenvalue weighted by Gasteiger charge is 1.99. The molecule has 0 atom stereocenters. The molecule has 0 N–H and O–H groups in total. The number of methoxy groups -OCH3 is 1. The van der Waals surface area contributed by atoms with Crippen LogP contribution >= 0.6 is 0 Å². The van der Waals surface area contributed by atoms with E-state index in [-0.39, 0.29) is 0 Å². The first-order valence-electron chi connectivity index (χ1n) is 5.77. The number of rotatable bonds is 4. The maximum atomic E-state index is 11.8. The van der Waals surface area contributed by atoms with Gasteiger partial charge in [0.1, 0.15) is 5.75 Å². The van der Waals surface area contributed by atoms with Gasteiger partial charge in [-0.25, -0.2) is 0 Å². The summed E-state index contributed by atoms with van der Waals surface area (Å²) >= 11 is 0. The Morgan fingerprint density at radius 3 is 2.33 bits per heavy atom. The van der Waals surface area contributed by atoms with Gasteiger partial charge < -0.3 is 9.94 Å². The fourth-order valence-corrected chi connectivity index (χ4v) is 1.63. The van der Waals surface area contributed by atoms with E-state index in [1.165, 1.54) is 0 Å². The molecule has 0 fully saturated rings. The second kappa shape index (κ2) is 5.87. The smallest absolute Gasteiger partial charge is 0.216 e. The minimum absolute atomic E-state index is 0.600. The lowest BCUT2D eigenvalue weighted by Gasteiger charge is -2.03. The van der Waals surface area contributed by atoms with Gasteiger partial charge in [-0.3, -0.25) is 0 Å². The van der Waals surface area contributed by atoms with Crippen molar-refractivity contribution >= 4 is 11.9 Å². The molecule has 0 aliphatic rings. The Morgan fingerprint density at radius 2 is 1.72 bits per heavy atom. The van der Waals surface area contributed by atoms with Gasteiger partial charge in [-0.05, 0) is 17.7 Å². The minimum Gasteiger partial charge on any atom is -0.619 e. The van der Waals surface area contributed by atoms with Crippen LogP contribution in [0.5, 0.6) is 5.75 Å². The Morgan fingerprint density at radius 1 is 1.06 bits per heavy atom. The van der Waals surface area contributed by atoms with Crippen LogP contribution in [-0.4, -0.2) is 18.1 Å². The molecule has 0 bridgehead atoms. The van der Waals surface area contributed by atoms with E-state index >= 15 is 0 Å². The van der Waals surface area contributed by atoms with Crippen LogP contribution in [0.4, 0.5) is 5.69 Å². The van der Waals surface area contributed by atoms with Crippen LogP contribution in [0.3, 0.4) is 0 Å². The monoisotopic (exact) mass is 241 g/mol. The third-order valence-corrected chi connectivity index (χ3v) is 2.66. The minimum atomic E-state index is 0.600. The van der Waals surface area contributed by atoms with Crippen molar-refractivity contribution < 1.29 is 9.48 Å². The molecule has 0 aliphatic carbocycles. The Kier molecular flexibility index (Phi) is 3.97. The molecule has 2 aromatic carbocycles. The van der Waals surface area contributed by atoms with Gasteiger partial charge in [-0.15, -0.1) is 0 Å². The molecule has 0 saturated carbocycles. The molecule has 0 aliphatic heterocycles. The normalized spacial score (nSPS) is 11.3. The highest BCUT2D eigenvalue weighted by molar-refractivity contribution is 5.58. The largest absolute Gasteiger partial charge is 0.619 e. The van der Waals surface area contributed by atoms with Crippen LogP contribution in [0.1, 0.15) is 5.56 Å². The predicted molar refractivity (Wildman–Crippen MR) is 72.5 cm³/mol. The maximum Gasteiger partial charge on any atom is 0.216 e. The van der Waals surface area contributed by atoms with E-state index < -0.39 is 0 Å². The molecule has 3 heteroatoms. The molecule has 2 rings (SSSR count). The molecular formula is C15H15NO2. The van der Waals surface area contributed by atoms with Crippen molar-refractivity contribution in [1.29, 1.82) is 0 Å². The van der Waals surface area contributed by atoms with Crippen molar-refractivity contribution in [2.75, 3.05) is 7.11 Å². The zero-order valence-corrected chi connectivity index (χ0v) is 10.2. The van der Waals surface area contributed by atoms with Crippen molar-refractivity contribution in [2.24, 2.45) is 0 Å². The number of ether oxygens (including phenoxy) is 1. The zero-order valence-electron chi connectivity index (χ0n) is 10.2. The molecule has 92 valence electrons. The van der Waals surface area contributed by atoms with Crippen LogP contribution in [-0.2, 0) is 6.42 Å². The maximum absolute atomic E-state index is 11.8. The number of nitrogens with zero attached hydrogens (tertiary/aromatic N) is 1. The SMILES string of the molecule is COc1ccc(CC=[N+]([O-])c2ccccc2)cc1. The Hall–Kier alpha value is -2.29.